The van der Waals surface area contributed by atoms with Crippen LogP contribution < -0.4 is 10.2 Å². The topological polar surface area (TPSA) is 59.6 Å². The van der Waals surface area contributed by atoms with Gasteiger partial charge in [0.15, 0.2) is 0 Å². The Morgan fingerprint density at radius 2 is 1.81 bits per heavy atom. The zero-order valence-corrected chi connectivity index (χ0v) is 21.6. The van der Waals surface area contributed by atoms with Gasteiger partial charge in [-0.3, -0.25) is 4.90 Å². The van der Waals surface area contributed by atoms with E-state index < -0.39 is 0 Å². The summed E-state index contributed by atoms with van der Waals surface area (Å²) >= 11 is 0. The maximum atomic E-state index is 6.30. The molecular formula is C29H32BN3O3. The number of hydrogen-bond acceptors (Lipinski definition) is 5. The van der Waals surface area contributed by atoms with Crippen LogP contribution in [0.3, 0.4) is 0 Å². The van der Waals surface area contributed by atoms with Crippen LogP contribution >= 0.6 is 0 Å². The molecule has 3 aromatic carbocycles. The summed E-state index contributed by atoms with van der Waals surface area (Å²) in [6.07, 6.45) is 2.37. The van der Waals surface area contributed by atoms with E-state index in [-0.39, 0.29) is 18.3 Å². The molecule has 2 fully saturated rings. The smallest absolute Gasteiger partial charge is 0.488 e. The molecule has 7 heteroatoms. The minimum Gasteiger partial charge on any atom is -0.488 e. The molecular weight excluding hydrogens is 449 g/mol. The average molecular weight is 481 g/mol. The Hall–Kier alpha value is -2.87. The molecule has 1 aromatic heterocycles. The number of likely N-dealkylation sites (tertiary alicyclic amines) is 1. The Kier molecular flexibility index (Phi) is 4.70. The van der Waals surface area contributed by atoms with Crippen LogP contribution in [0.4, 0.5) is 0 Å². The van der Waals surface area contributed by atoms with Crippen molar-refractivity contribution in [2.24, 2.45) is 0 Å². The summed E-state index contributed by atoms with van der Waals surface area (Å²) in [4.78, 5) is 11.0. The highest BCUT2D eigenvalue weighted by Gasteiger charge is 2.51. The van der Waals surface area contributed by atoms with Gasteiger partial charge in [0, 0.05) is 10.9 Å². The molecule has 2 saturated heterocycles. The first-order valence-corrected chi connectivity index (χ1v) is 13.0. The number of ether oxygens (including phenoxy) is 1. The molecule has 0 spiro atoms. The molecule has 0 bridgehead atoms. The summed E-state index contributed by atoms with van der Waals surface area (Å²) in [7, 11) is 1.81. The fourth-order valence-corrected chi connectivity index (χ4v) is 5.86. The van der Waals surface area contributed by atoms with Crippen LogP contribution in [0.15, 0.2) is 42.5 Å². The van der Waals surface area contributed by atoms with Crippen molar-refractivity contribution in [3.05, 3.63) is 53.9 Å². The zero-order chi connectivity index (χ0) is 24.8. The van der Waals surface area contributed by atoms with Crippen molar-refractivity contribution in [3.63, 3.8) is 0 Å². The van der Waals surface area contributed by atoms with Gasteiger partial charge in [0.25, 0.3) is 0 Å². The summed E-state index contributed by atoms with van der Waals surface area (Å²) in [5.74, 6) is 1.98. The lowest BCUT2D eigenvalue weighted by molar-refractivity contribution is 0.00578. The number of rotatable bonds is 2. The Balaban J connectivity index is 1.27. The Morgan fingerprint density at radius 1 is 1.00 bits per heavy atom. The van der Waals surface area contributed by atoms with E-state index in [2.05, 4.69) is 87.1 Å². The van der Waals surface area contributed by atoms with E-state index in [0.29, 0.717) is 12.6 Å². The number of aromatic amines is 1. The lowest BCUT2D eigenvalue weighted by Gasteiger charge is -2.32. The second-order valence-electron chi connectivity index (χ2n) is 11.6. The second-order valence-corrected chi connectivity index (χ2v) is 11.6. The SMILES string of the molecule is CN1CCCC1c1nc2c(ccc3cc4c(cc32)OCc2cc(B3OC(C)(C)C(C)(C)O3)ccc2-4)[nH]1. The average Bonchev–Trinajstić information content (AvgIpc) is 3.52. The number of fused-ring (bicyclic) bond motifs is 6. The van der Waals surface area contributed by atoms with Gasteiger partial charge in [-0.1, -0.05) is 24.3 Å². The number of hydrogen-bond donors (Lipinski definition) is 1. The standard InChI is InChI=1S/C29H32BN3O3/c1-28(2)29(3,4)36-30(35-28)19-9-10-20-18(13-19)16-34-25-15-21-17(14-22(20)25)8-11-23-26(21)32-27(31-23)24-7-6-12-33(24)5/h8-11,13-15,24H,6-7,12,16H2,1-5H3,(H,31,32). The lowest BCUT2D eigenvalue weighted by Crippen LogP contribution is -2.41. The predicted octanol–water partition coefficient (Wildman–Crippen LogP) is 5.34. The molecule has 184 valence electrons. The van der Waals surface area contributed by atoms with E-state index >= 15 is 0 Å². The molecule has 36 heavy (non-hydrogen) atoms. The van der Waals surface area contributed by atoms with Gasteiger partial charge >= 0.3 is 7.12 Å². The molecule has 4 heterocycles. The fraction of sp³-hybridized carbons (Fsp3) is 0.414. The van der Waals surface area contributed by atoms with Crippen LogP contribution in [0.1, 0.15) is 58.0 Å². The third-order valence-electron chi connectivity index (χ3n) is 8.75. The number of aromatic nitrogens is 2. The molecule has 6 nitrogen and oxygen atoms in total. The van der Waals surface area contributed by atoms with Crippen molar-refractivity contribution in [2.75, 3.05) is 13.6 Å². The van der Waals surface area contributed by atoms with Crippen molar-refractivity contribution in [1.29, 1.82) is 0 Å². The molecule has 1 N–H and O–H groups in total. The largest absolute Gasteiger partial charge is 0.494 e. The minimum absolute atomic E-state index is 0.361. The molecule has 3 aliphatic rings. The van der Waals surface area contributed by atoms with Crippen LogP contribution in [0, 0.1) is 0 Å². The summed E-state index contributed by atoms with van der Waals surface area (Å²) in [5, 5.41) is 2.30. The number of nitrogens with zero attached hydrogens (tertiary/aromatic N) is 2. The summed E-state index contributed by atoms with van der Waals surface area (Å²) < 4.78 is 18.9. The van der Waals surface area contributed by atoms with Gasteiger partial charge in [0.2, 0.25) is 0 Å². The third kappa shape index (κ3) is 3.26. The molecule has 0 aliphatic carbocycles. The lowest BCUT2D eigenvalue weighted by atomic mass is 9.77. The van der Waals surface area contributed by atoms with Gasteiger partial charge in [-0.2, -0.15) is 0 Å². The van der Waals surface area contributed by atoms with E-state index in [9.17, 15) is 0 Å². The fourth-order valence-electron chi connectivity index (χ4n) is 5.86. The number of benzene rings is 3. The van der Waals surface area contributed by atoms with Crippen LogP contribution in [-0.2, 0) is 15.9 Å². The zero-order valence-electron chi connectivity index (χ0n) is 21.6. The van der Waals surface area contributed by atoms with E-state index in [1.165, 1.54) is 17.4 Å². The number of imidazole rings is 1. The molecule has 0 radical (unpaired) electrons. The minimum atomic E-state index is -0.376. The first kappa shape index (κ1) is 22.3. The van der Waals surface area contributed by atoms with Crippen molar-refractivity contribution in [1.82, 2.24) is 14.9 Å². The molecule has 3 aliphatic heterocycles. The first-order valence-electron chi connectivity index (χ1n) is 13.0. The molecule has 0 saturated carbocycles. The quantitative estimate of drug-likeness (QED) is 0.392. The van der Waals surface area contributed by atoms with Crippen molar-refractivity contribution in [2.45, 2.75) is 64.4 Å². The monoisotopic (exact) mass is 481 g/mol. The van der Waals surface area contributed by atoms with E-state index in [1.54, 1.807) is 0 Å². The Bertz CT molecular complexity index is 1510. The van der Waals surface area contributed by atoms with Crippen LogP contribution in [0.5, 0.6) is 5.75 Å². The summed E-state index contributed by atoms with van der Waals surface area (Å²) in [5.41, 5.74) is 5.89. The van der Waals surface area contributed by atoms with Crippen LogP contribution in [0.2, 0.25) is 0 Å². The summed E-state index contributed by atoms with van der Waals surface area (Å²) in [6.45, 7) is 9.99. The third-order valence-corrected chi connectivity index (χ3v) is 8.75. The van der Waals surface area contributed by atoms with Crippen molar-refractivity contribution in [3.8, 4) is 16.9 Å². The van der Waals surface area contributed by atoms with Gasteiger partial charge in [0.05, 0.1) is 28.3 Å². The number of H-pyrrole nitrogens is 1. The van der Waals surface area contributed by atoms with Gasteiger partial charge < -0.3 is 19.0 Å². The van der Waals surface area contributed by atoms with Crippen molar-refractivity contribution < 1.29 is 14.0 Å². The summed E-state index contributed by atoms with van der Waals surface area (Å²) in [6, 6.07) is 15.6. The van der Waals surface area contributed by atoms with E-state index in [1.807, 2.05) is 0 Å². The van der Waals surface area contributed by atoms with Crippen LogP contribution in [0.25, 0.3) is 32.9 Å². The first-order chi connectivity index (χ1) is 17.2. The van der Waals surface area contributed by atoms with Crippen molar-refractivity contribution >= 4 is 34.4 Å². The maximum Gasteiger partial charge on any atom is 0.494 e. The number of nitrogens with one attached hydrogen (secondary N) is 1. The molecule has 7 rings (SSSR count). The second kappa shape index (κ2) is 7.57. The highest BCUT2D eigenvalue weighted by Crippen LogP contribution is 2.42. The Morgan fingerprint density at radius 3 is 2.56 bits per heavy atom. The molecule has 1 atom stereocenters. The highest BCUT2D eigenvalue weighted by molar-refractivity contribution is 6.62. The van der Waals surface area contributed by atoms with Gasteiger partial charge in [-0.25, -0.2) is 4.98 Å². The van der Waals surface area contributed by atoms with E-state index in [4.69, 9.17) is 19.0 Å². The Labute approximate surface area is 212 Å². The van der Waals surface area contributed by atoms with Gasteiger partial charge in [0.1, 0.15) is 18.2 Å². The maximum absolute atomic E-state index is 6.30. The molecule has 1 unspecified atom stereocenters. The molecule has 0 amide bonds. The van der Waals surface area contributed by atoms with E-state index in [0.717, 1.165) is 57.5 Å². The molecule has 4 aromatic rings. The normalized spacial score (nSPS) is 22.7. The highest BCUT2D eigenvalue weighted by atomic mass is 16.7. The predicted molar refractivity (Wildman–Crippen MR) is 144 cm³/mol. The van der Waals surface area contributed by atoms with Gasteiger partial charge in [-0.15, -0.1) is 0 Å². The van der Waals surface area contributed by atoms with Crippen LogP contribution in [-0.4, -0.2) is 46.8 Å². The van der Waals surface area contributed by atoms with Gasteiger partial charge in [-0.05, 0) is 94.3 Å².